The molecular formula is C38H47N5O9. The Kier molecular flexibility index (Phi) is 8.94. The molecule has 0 spiro atoms. The van der Waals surface area contributed by atoms with Gasteiger partial charge in [-0.05, 0) is 78.5 Å². The number of likely N-dealkylation sites (N-methyl/N-ethyl adjacent to an activating group) is 1. The number of esters is 1. The van der Waals surface area contributed by atoms with Crippen molar-refractivity contribution in [3.8, 4) is 34.8 Å². The Hall–Kier alpha value is -4.74. The van der Waals surface area contributed by atoms with Crippen LogP contribution in [0.4, 0.5) is 4.79 Å². The van der Waals surface area contributed by atoms with Crippen molar-refractivity contribution in [1.29, 1.82) is 5.26 Å². The number of aromatic hydroxyl groups is 1. The first-order valence-corrected chi connectivity index (χ1v) is 17.9. The van der Waals surface area contributed by atoms with Crippen molar-refractivity contribution in [2.24, 2.45) is 0 Å². The standard InChI is InChI=1S/C38H47N5O9/c1-18-12-21-13-24-26(15-39)43-25(30(41(24)7)28(21)31(45)32(18)48-8)14-22-29(35-34(49-17-50-35)19(2)33(22)51-20(3)44)27(43)16-40-36(46)23-10-9-11-42(23)37(47)52-38(4,5)6/h12,23-27,30,45H,9-11,13-14,16-17H2,1-8H3,(H,40,46)/t23?,24-,25?,26-,27-,30-/m0/s1. The van der Waals surface area contributed by atoms with Gasteiger partial charge in [0.1, 0.15) is 23.4 Å². The molecule has 5 heterocycles. The van der Waals surface area contributed by atoms with Crippen LogP contribution >= 0.6 is 0 Å². The van der Waals surface area contributed by atoms with Crippen molar-refractivity contribution in [1.82, 2.24) is 20.0 Å². The summed E-state index contributed by atoms with van der Waals surface area (Å²) in [5.41, 5.74) is 3.75. The largest absolute Gasteiger partial charge is 0.504 e. The SMILES string of the molecule is COc1c(C)cc2c(c1O)[C@@H]1C3Cc4c(OC(C)=O)c(C)c5c(c4[C@H](CNC(=O)C4CCCN4C(=O)OC(C)(C)C)N3[C@@H](C#N)[C@H](C2)N1C)OCO5. The topological polar surface area (TPSA) is 163 Å². The highest BCUT2D eigenvalue weighted by Crippen LogP contribution is 2.58. The average molecular weight is 718 g/mol. The molecule has 0 aromatic heterocycles. The zero-order valence-corrected chi connectivity index (χ0v) is 31.0. The van der Waals surface area contributed by atoms with E-state index in [-0.39, 0.29) is 31.0 Å². The lowest BCUT2D eigenvalue weighted by atomic mass is 9.71. The number of amides is 2. The third-order valence-electron chi connectivity index (χ3n) is 11.2. The van der Waals surface area contributed by atoms with Gasteiger partial charge in [-0.15, -0.1) is 0 Å². The number of phenols is 1. The maximum absolute atomic E-state index is 14.0. The number of carbonyl (C=O) groups is 3. The van der Waals surface area contributed by atoms with Crippen LogP contribution in [-0.4, -0.2) is 102 Å². The number of rotatable bonds is 5. The third kappa shape index (κ3) is 5.65. The number of phenolic OH excluding ortho intramolecular Hbond substituents is 1. The highest BCUT2D eigenvalue weighted by atomic mass is 16.7. The molecule has 6 atom stereocenters. The maximum atomic E-state index is 14.0. The normalized spacial score (nSPS) is 26.1. The molecule has 0 aliphatic carbocycles. The van der Waals surface area contributed by atoms with E-state index in [4.69, 9.17) is 23.7 Å². The quantitative estimate of drug-likeness (QED) is 0.339. The molecule has 0 radical (unpaired) electrons. The molecule has 2 aromatic carbocycles. The summed E-state index contributed by atoms with van der Waals surface area (Å²) in [7, 11) is 3.50. The fourth-order valence-corrected chi connectivity index (χ4v) is 9.20. The monoisotopic (exact) mass is 717 g/mol. The molecule has 14 nitrogen and oxygen atoms in total. The Morgan fingerprint density at radius 2 is 1.83 bits per heavy atom. The van der Waals surface area contributed by atoms with Crippen LogP contribution in [0.1, 0.15) is 86.0 Å². The molecule has 2 bridgehead atoms. The Balaban J connectivity index is 1.36. The van der Waals surface area contributed by atoms with E-state index in [1.165, 1.54) is 18.9 Å². The van der Waals surface area contributed by atoms with Crippen LogP contribution in [0.5, 0.6) is 28.7 Å². The molecule has 2 amide bonds. The van der Waals surface area contributed by atoms with Crippen molar-refractivity contribution >= 4 is 18.0 Å². The van der Waals surface area contributed by atoms with Gasteiger partial charge < -0.3 is 34.1 Å². The smallest absolute Gasteiger partial charge is 0.410 e. The minimum Gasteiger partial charge on any atom is -0.504 e. The van der Waals surface area contributed by atoms with Gasteiger partial charge in [0.15, 0.2) is 23.0 Å². The van der Waals surface area contributed by atoms with E-state index in [0.29, 0.717) is 71.9 Å². The number of aryl methyl sites for hydroxylation is 1. The van der Waals surface area contributed by atoms with Gasteiger partial charge in [-0.2, -0.15) is 5.26 Å². The van der Waals surface area contributed by atoms with Gasteiger partial charge >= 0.3 is 12.1 Å². The Bertz CT molecular complexity index is 1880. The van der Waals surface area contributed by atoms with Crippen LogP contribution in [0, 0.1) is 25.2 Å². The number of nitrogens with one attached hydrogen (secondary N) is 1. The molecular weight excluding hydrogens is 670 g/mol. The predicted molar refractivity (Wildman–Crippen MR) is 186 cm³/mol. The van der Waals surface area contributed by atoms with Gasteiger partial charge in [-0.25, -0.2) is 4.79 Å². The fourth-order valence-electron chi connectivity index (χ4n) is 9.20. The lowest BCUT2D eigenvalue weighted by Crippen LogP contribution is -2.69. The predicted octanol–water partition coefficient (Wildman–Crippen LogP) is 3.96. The number of piperazine rings is 1. The highest BCUT2D eigenvalue weighted by Gasteiger charge is 2.57. The third-order valence-corrected chi connectivity index (χ3v) is 11.2. The van der Waals surface area contributed by atoms with Gasteiger partial charge in [-0.3, -0.25) is 24.3 Å². The average Bonchev–Trinajstić information content (AvgIpc) is 3.76. The Morgan fingerprint density at radius 3 is 2.50 bits per heavy atom. The van der Waals surface area contributed by atoms with Gasteiger partial charge in [-0.1, -0.05) is 6.07 Å². The molecule has 5 aliphatic heterocycles. The van der Waals surface area contributed by atoms with Gasteiger partial charge in [0.25, 0.3) is 0 Å². The van der Waals surface area contributed by atoms with Crippen molar-refractivity contribution in [2.45, 2.75) is 109 Å². The maximum Gasteiger partial charge on any atom is 0.410 e. The van der Waals surface area contributed by atoms with Crippen LogP contribution in [0.3, 0.4) is 0 Å². The molecule has 52 heavy (non-hydrogen) atoms. The second-order valence-electron chi connectivity index (χ2n) is 15.4. The zero-order chi connectivity index (χ0) is 37.4. The van der Waals surface area contributed by atoms with Crippen LogP contribution in [0.25, 0.3) is 0 Å². The van der Waals surface area contributed by atoms with E-state index in [0.717, 1.165) is 16.7 Å². The summed E-state index contributed by atoms with van der Waals surface area (Å²) in [6.45, 7) is 10.8. The summed E-state index contributed by atoms with van der Waals surface area (Å²) in [4.78, 5) is 45.5. The van der Waals surface area contributed by atoms with E-state index in [9.17, 15) is 24.8 Å². The number of carbonyl (C=O) groups excluding carboxylic acids is 3. The molecule has 7 rings (SSSR count). The molecule has 2 unspecified atom stereocenters. The number of nitrogens with zero attached hydrogens (tertiary/aromatic N) is 4. The molecule has 14 heteroatoms. The van der Waals surface area contributed by atoms with Crippen molar-refractivity contribution in [2.75, 3.05) is 34.0 Å². The molecule has 2 saturated heterocycles. The van der Waals surface area contributed by atoms with E-state index in [2.05, 4.69) is 21.2 Å². The van der Waals surface area contributed by atoms with Crippen molar-refractivity contribution in [3.63, 3.8) is 0 Å². The molecule has 2 fully saturated rings. The summed E-state index contributed by atoms with van der Waals surface area (Å²) in [5, 5.41) is 25.9. The van der Waals surface area contributed by atoms with Crippen molar-refractivity contribution in [3.05, 3.63) is 39.4 Å². The van der Waals surface area contributed by atoms with E-state index in [1.807, 2.05) is 27.0 Å². The number of ether oxygens (including phenoxy) is 5. The van der Waals surface area contributed by atoms with Crippen LogP contribution in [0.2, 0.25) is 0 Å². The lowest BCUT2D eigenvalue weighted by Gasteiger charge is -2.60. The Morgan fingerprint density at radius 1 is 1.10 bits per heavy atom. The first-order chi connectivity index (χ1) is 24.7. The van der Waals surface area contributed by atoms with Crippen LogP contribution < -0.4 is 24.3 Å². The Labute approximate surface area is 303 Å². The fraction of sp³-hybridized carbons (Fsp3) is 0.579. The number of likely N-dealkylation sites (tertiary alicyclic amines) is 1. The lowest BCUT2D eigenvalue weighted by molar-refractivity contribution is -0.132. The van der Waals surface area contributed by atoms with Gasteiger partial charge in [0, 0.05) is 54.4 Å². The molecule has 2 aromatic rings. The second-order valence-corrected chi connectivity index (χ2v) is 15.4. The number of hydrogen-bond donors (Lipinski definition) is 2. The molecule has 2 N–H and O–H groups in total. The minimum absolute atomic E-state index is 0.0440. The summed E-state index contributed by atoms with van der Waals surface area (Å²) in [6.07, 6.45) is 1.43. The number of fused-ring (bicyclic) bond motifs is 9. The summed E-state index contributed by atoms with van der Waals surface area (Å²) in [6, 6.07) is 1.55. The highest BCUT2D eigenvalue weighted by molar-refractivity contribution is 5.86. The van der Waals surface area contributed by atoms with Crippen LogP contribution in [0.15, 0.2) is 6.07 Å². The minimum atomic E-state index is -0.730. The number of nitriles is 1. The van der Waals surface area contributed by atoms with E-state index < -0.39 is 47.9 Å². The zero-order valence-electron chi connectivity index (χ0n) is 31.0. The van der Waals surface area contributed by atoms with E-state index in [1.54, 1.807) is 20.8 Å². The number of benzene rings is 2. The van der Waals surface area contributed by atoms with Gasteiger partial charge in [0.2, 0.25) is 12.7 Å². The second kappa shape index (κ2) is 13.0. The summed E-state index contributed by atoms with van der Waals surface area (Å²) < 4.78 is 29.3. The number of methoxy groups -OCH3 is 1. The first-order valence-electron chi connectivity index (χ1n) is 17.9. The van der Waals surface area contributed by atoms with E-state index >= 15 is 0 Å². The molecule has 0 saturated carbocycles. The summed E-state index contributed by atoms with van der Waals surface area (Å²) >= 11 is 0. The van der Waals surface area contributed by atoms with Crippen molar-refractivity contribution < 1.29 is 43.2 Å². The molecule has 5 aliphatic rings. The first kappa shape index (κ1) is 35.7. The van der Waals surface area contributed by atoms with Crippen LogP contribution in [-0.2, 0) is 27.2 Å². The summed E-state index contributed by atoms with van der Waals surface area (Å²) in [5.74, 6) is 0.904. The molecule has 278 valence electrons. The van der Waals surface area contributed by atoms with Gasteiger partial charge in [0.05, 0.1) is 25.3 Å². The number of hydrogen-bond acceptors (Lipinski definition) is 12.